The normalized spacial score (nSPS) is 13.7. The Morgan fingerprint density at radius 2 is 2.05 bits per heavy atom. The topological polar surface area (TPSA) is 73.9 Å². The molecule has 21 heavy (non-hydrogen) atoms. The van der Waals surface area contributed by atoms with E-state index in [4.69, 9.17) is 10.9 Å². The van der Waals surface area contributed by atoms with E-state index in [1.807, 2.05) is 25.1 Å². The fourth-order valence-corrected chi connectivity index (χ4v) is 2.33. The minimum Gasteiger partial charge on any atom is -0.409 e. The van der Waals surface area contributed by atoms with Crippen LogP contribution >= 0.6 is 0 Å². The summed E-state index contributed by atoms with van der Waals surface area (Å²) in [4.78, 5) is 2.41. The highest BCUT2D eigenvalue weighted by Gasteiger charge is 2.08. The summed E-state index contributed by atoms with van der Waals surface area (Å²) in [6, 6.07) is 6.29. The van der Waals surface area contributed by atoms with Crippen molar-refractivity contribution in [2.75, 3.05) is 19.6 Å². The molecule has 0 aliphatic heterocycles. The summed E-state index contributed by atoms with van der Waals surface area (Å²) in [7, 11) is 0. The maximum absolute atomic E-state index is 8.70. The molecule has 0 saturated carbocycles. The van der Waals surface area contributed by atoms with Crippen LogP contribution in [0.25, 0.3) is 0 Å². The summed E-state index contributed by atoms with van der Waals surface area (Å²) in [5.74, 6) is 0.146. The molecule has 0 aromatic heterocycles. The lowest BCUT2D eigenvalue weighted by Crippen LogP contribution is -2.38. The zero-order valence-electron chi connectivity index (χ0n) is 13.6. The van der Waals surface area contributed by atoms with Crippen molar-refractivity contribution in [2.24, 2.45) is 10.9 Å². The average molecular weight is 292 g/mol. The molecule has 0 bridgehead atoms. The highest BCUT2D eigenvalue weighted by molar-refractivity contribution is 5.97. The highest BCUT2D eigenvalue weighted by atomic mass is 16.4. The molecule has 0 radical (unpaired) electrons. The molecule has 0 fully saturated rings. The summed E-state index contributed by atoms with van der Waals surface area (Å²) in [5, 5.41) is 15.3. The second-order valence-corrected chi connectivity index (χ2v) is 5.39. The molecule has 1 aromatic carbocycles. The Balaban J connectivity index is 2.60. The maximum Gasteiger partial charge on any atom is 0.170 e. The summed E-state index contributed by atoms with van der Waals surface area (Å²) in [6.45, 7) is 12.7. The maximum atomic E-state index is 8.70. The molecule has 1 rings (SSSR count). The van der Waals surface area contributed by atoms with Crippen molar-refractivity contribution in [3.63, 3.8) is 0 Å². The number of likely N-dealkylation sites (N-methyl/N-ethyl adjacent to an activating group) is 1. The lowest BCUT2D eigenvalue weighted by molar-refractivity contribution is 0.270. The molecular weight excluding hydrogens is 264 g/mol. The molecule has 5 heteroatoms. The number of nitrogens with zero attached hydrogens (tertiary/aromatic N) is 2. The van der Waals surface area contributed by atoms with E-state index in [1.165, 1.54) is 5.56 Å². The van der Waals surface area contributed by atoms with E-state index in [-0.39, 0.29) is 5.84 Å². The molecule has 0 heterocycles. The van der Waals surface area contributed by atoms with E-state index in [1.54, 1.807) is 0 Å². The minimum absolute atomic E-state index is 0.146. The molecule has 0 amide bonds. The lowest BCUT2D eigenvalue weighted by atomic mass is 10.0. The molecule has 0 aliphatic rings. The van der Waals surface area contributed by atoms with Gasteiger partial charge < -0.3 is 21.2 Å². The van der Waals surface area contributed by atoms with Gasteiger partial charge in [0.2, 0.25) is 0 Å². The molecule has 1 atom stereocenters. The van der Waals surface area contributed by atoms with Crippen LogP contribution in [0.3, 0.4) is 0 Å². The predicted molar refractivity (Wildman–Crippen MR) is 87.8 cm³/mol. The molecule has 1 unspecified atom stereocenters. The van der Waals surface area contributed by atoms with Gasteiger partial charge in [-0.3, -0.25) is 0 Å². The number of nitrogens with one attached hydrogen (secondary N) is 1. The van der Waals surface area contributed by atoms with Crippen LogP contribution in [0.1, 0.15) is 37.5 Å². The van der Waals surface area contributed by atoms with Crippen molar-refractivity contribution in [3.8, 4) is 0 Å². The largest absolute Gasteiger partial charge is 0.409 e. The first-order chi connectivity index (χ1) is 10.0. The Kier molecular flexibility index (Phi) is 7.19. The van der Waals surface area contributed by atoms with Crippen molar-refractivity contribution in [2.45, 2.75) is 40.3 Å². The quantitative estimate of drug-likeness (QED) is 0.296. The lowest BCUT2D eigenvalue weighted by Gasteiger charge is -2.23. The third-order valence-corrected chi connectivity index (χ3v) is 3.81. The monoisotopic (exact) mass is 292 g/mol. The van der Waals surface area contributed by atoms with Crippen LogP contribution in [0.2, 0.25) is 0 Å². The smallest absolute Gasteiger partial charge is 0.170 e. The Morgan fingerprint density at radius 1 is 1.38 bits per heavy atom. The molecule has 1 aromatic rings. The summed E-state index contributed by atoms with van der Waals surface area (Å²) >= 11 is 0. The van der Waals surface area contributed by atoms with Crippen molar-refractivity contribution < 1.29 is 5.21 Å². The van der Waals surface area contributed by atoms with Crippen LogP contribution in [0.15, 0.2) is 23.4 Å². The second-order valence-electron chi connectivity index (χ2n) is 5.39. The number of oxime groups is 1. The second kappa shape index (κ2) is 8.64. The van der Waals surface area contributed by atoms with Crippen molar-refractivity contribution >= 4 is 5.84 Å². The van der Waals surface area contributed by atoms with Gasteiger partial charge in [-0.15, -0.1) is 0 Å². The molecule has 0 aliphatic carbocycles. The highest BCUT2D eigenvalue weighted by Crippen LogP contribution is 2.11. The minimum atomic E-state index is 0.146. The summed E-state index contributed by atoms with van der Waals surface area (Å²) < 4.78 is 0. The molecule has 118 valence electrons. The third kappa shape index (κ3) is 5.36. The van der Waals surface area contributed by atoms with Crippen molar-refractivity contribution in [1.29, 1.82) is 0 Å². The Bertz CT molecular complexity index is 469. The molecule has 0 saturated heterocycles. The number of hydrogen-bond donors (Lipinski definition) is 3. The first-order valence-electron chi connectivity index (χ1n) is 7.54. The standard InChI is InChI=1S/C16H28N4O/c1-5-20(6-2)11-13(4)18-10-15-8-7-14(9-12(15)3)16(17)19-21/h7-9,13,18,21H,5-6,10-11H2,1-4H3,(H2,17,19). The fraction of sp³-hybridized carbons (Fsp3) is 0.562. The van der Waals surface area contributed by atoms with Crippen molar-refractivity contribution in [3.05, 3.63) is 34.9 Å². The number of amidine groups is 1. The van der Waals surface area contributed by atoms with Crippen LogP contribution in [0, 0.1) is 6.92 Å². The zero-order chi connectivity index (χ0) is 15.8. The Morgan fingerprint density at radius 3 is 2.57 bits per heavy atom. The van der Waals surface area contributed by atoms with Gasteiger partial charge in [0.15, 0.2) is 5.84 Å². The van der Waals surface area contributed by atoms with Crippen LogP contribution in [0.4, 0.5) is 0 Å². The van der Waals surface area contributed by atoms with Gasteiger partial charge in [0, 0.05) is 24.7 Å². The molecule has 4 N–H and O–H groups in total. The molecule has 0 spiro atoms. The predicted octanol–water partition coefficient (Wildman–Crippen LogP) is 1.91. The van der Waals surface area contributed by atoms with E-state index < -0.39 is 0 Å². The first-order valence-corrected chi connectivity index (χ1v) is 7.54. The zero-order valence-corrected chi connectivity index (χ0v) is 13.6. The van der Waals surface area contributed by atoms with Crippen LogP contribution in [-0.4, -0.2) is 41.6 Å². The summed E-state index contributed by atoms with van der Waals surface area (Å²) in [5.41, 5.74) is 8.72. The van der Waals surface area contributed by atoms with Gasteiger partial charge in [0.1, 0.15) is 0 Å². The van der Waals surface area contributed by atoms with Gasteiger partial charge in [-0.25, -0.2) is 0 Å². The van der Waals surface area contributed by atoms with Crippen LogP contribution in [0.5, 0.6) is 0 Å². The van der Waals surface area contributed by atoms with Gasteiger partial charge in [-0.05, 0) is 44.1 Å². The Labute approximate surface area is 127 Å². The van der Waals surface area contributed by atoms with Crippen molar-refractivity contribution in [1.82, 2.24) is 10.2 Å². The van der Waals surface area contributed by atoms with E-state index in [2.05, 4.69) is 36.1 Å². The van der Waals surface area contributed by atoms with Crippen LogP contribution in [-0.2, 0) is 6.54 Å². The van der Waals surface area contributed by atoms with Gasteiger partial charge in [0.25, 0.3) is 0 Å². The molecule has 5 nitrogen and oxygen atoms in total. The number of rotatable bonds is 8. The Hall–Kier alpha value is -1.59. The van der Waals surface area contributed by atoms with E-state index >= 15 is 0 Å². The van der Waals surface area contributed by atoms with E-state index in [0.717, 1.165) is 37.3 Å². The SMILES string of the molecule is CCN(CC)CC(C)NCc1ccc(/C(N)=N/O)cc1C. The number of nitrogens with two attached hydrogens (primary N) is 1. The fourth-order valence-electron chi connectivity index (χ4n) is 2.33. The van der Waals surface area contributed by atoms with Gasteiger partial charge >= 0.3 is 0 Å². The van der Waals surface area contributed by atoms with Gasteiger partial charge in [-0.2, -0.15) is 0 Å². The third-order valence-electron chi connectivity index (χ3n) is 3.81. The number of benzene rings is 1. The summed E-state index contributed by atoms with van der Waals surface area (Å²) in [6.07, 6.45) is 0. The van der Waals surface area contributed by atoms with E-state index in [0.29, 0.717) is 6.04 Å². The van der Waals surface area contributed by atoms with Gasteiger partial charge in [-0.1, -0.05) is 31.1 Å². The number of hydrogen-bond acceptors (Lipinski definition) is 4. The number of aryl methyl sites for hydroxylation is 1. The van der Waals surface area contributed by atoms with Crippen LogP contribution < -0.4 is 11.1 Å². The average Bonchev–Trinajstić information content (AvgIpc) is 2.50. The molecular formula is C16H28N4O. The first kappa shape index (κ1) is 17.5. The van der Waals surface area contributed by atoms with Gasteiger partial charge in [0.05, 0.1) is 0 Å². The van der Waals surface area contributed by atoms with E-state index in [9.17, 15) is 0 Å².